The van der Waals surface area contributed by atoms with E-state index in [1.807, 2.05) is 18.2 Å². The second kappa shape index (κ2) is 7.52. The summed E-state index contributed by atoms with van der Waals surface area (Å²) in [5, 5.41) is 3.47. The Balaban J connectivity index is 1.33. The molecular weight excluding hydrogens is 486 g/mol. The number of ketones is 3. The largest absolute Gasteiger partial charge is 0.398 e. The van der Waals surface area contributed by atoms with Gasteiger partial charge in [-0.3, -0.25) is 19.2 Å². The van der Waals surface area contributed by atoms with Gasteiger partial charge in [-0.05, 0) is 35.8 Å². The maximum absolute atomic E-state index is 13.5. The molecule has 1 aromatic heterocycles. The molecule has 1 amide bonds. The van der Waals surface area contributed by atoms with Gasteiger partial charge in [0.25, 0.3) is 5.91 Å². The van der Waals surface area contributed by atoms with Crippen LogP contribution in [0, 0.1) is 0 Å². The summed E-state index contributed by atoms with van der Waals surface area (Å²) in [5.41, 5.74) is 9.97. The molecule has 0 radical (unpaired) electrons. The number of nitrogens with zero attached hydrogens (tertiary/aromatic N) is 1. The number of amides is 1. The van der Waals surface area contributed by atoms with Crippen LogP contribution in [-0.2, 0) is 0 Å². The molecule has 0 atom stereocenters. The van der Waals surface area contributed by atoms with Gasteiger partial charge < -0.3 is 11.1 Å². The topological polar surface area (TPSA) is 119 Å². The summed E-state index contributed by atoms with van der Waals surface area (Å²) in [4.78, 5) is 53.2. The Kier molecular flexibility index (Phi) is 4.34. The van der Waals surface area contributed by atoms with E-state index in [9.17, 15) is 19.2 Å². The third kappa shape index (κ3) is 2.84. The highest BCUT2D eigenvalue weighted by Crippen LogP contribution is 2.42. The first-order chi connectivity index (χ1) is 18.0. The first-order valence-corrected chi connectivity index (χ1v) is 12.2. The number of aromatic nitrogens is 1. The van der Waals surface area contributed by atoms with Crippen LogP contribution < -0.4 is 11.1 Å². The van der Waals surface area contributed by atoms with E-state index >= 15 is 0 Å². The molecule has 2 aliphatic rings. The predicted octanol–water partition coefficient (Wildman–Crippen LogP) is 5.12. The molecular formula is C29H15N3O4S. The summed E-state index contributed by atoms with van der Waals surface area (Å²) in [5.74, 6) is -1.33. The lowest BCUT2D eigenvalue weighted by Gasteiger charge is -2.21. The van der Waals surface area contributed by atoms with Crippen LogP contribution >= 0.6 is 11.5 Å². The lowest BCUT2D eigenvalue weighted by molar-refractivity contribution is 0.0979. The summed E-state index contributed by atoms with van der Waals surface area (Å²) in [6.07, 6.45) is 0. The zero-order chi connectivity index (χ0) is 25.4. The van der Waals surface area contributed by atoms with Crippen LogP contribution in [0.1, 0.15) is 58.1 Å². The number of nitrogen functional groups attached to an aromatic ring is 1. The van der Waals surface area contributed by atoms with Gasteiger partial charge in [0.2, 0.25) is 0 Å². The number of carbonyl (C=O) groups excluding carboxylic acids is 4. The van der Waals surface area contributed by atoms with Crippen LogP contribution in [0.5, 0.6) is 0 Å². The molecule has 8 heteroatoms. The number of nitrogens with two attached hydrogens (primary N) is 1. The molecule has 0 bridgehead atoms. The quantitative estimate of drug-likeness (QED) is 0.318. The van der Waals surface area contributed by atoms with Crippen molar-refractivity contribution in [1.29, 1.82) is 0 Å². The SMILES string of the molecule is Nc1cccc2c1C(=O)c1cccc(NC(=O)c3ccc4c5c(nsc35)-c3ccccc3C4=O)c1C2=O. The van der Waals surface area contributed by atoms with Gasteiger partial charge in [0.05, 0.1) is 32.8 Å². The summed E-state index contributed by atoms with van der Waals surface area (Å²) >= 11 is 1.15. The number of rotatable bonds is 2. The number of carbonyl (C=O) groups is 4. The number of hydrogen-bond donors (Lipinski definition) is 2. The van der Waals surface area contributed by atoms with Gasteiger partial charge in [0.1, 0.15) is 0 Å². The van der Waals surface area contributed by atoms with Crippen molar-refractivity contribution in [2.75, 3.05) is 11.1 Å². The first kappa shape index (κ1) is 21.3. The van der Waals surface area contributed by atoms with Crippen LogP contribution in [0.3, 0.4) is 0 Å². The van der Waals surface area contributed by atoms with Crippen LogP contribution in [0.15, 0.2) is 72.8 Å². The van der Waals surface area contributed by atoms with Gasteiger partial charge in [-0.15, -0.1) is 0 Å². The smallest absolute Gasteiger partial charge is 0.257 e. The Hall–Kier alpha value is -4.95. The summed E-state index contributed by atoms with van der Waals surface area (Å²) in [6, 6.07) is 20.0. The zero-order valence-corrected chi connectivity index (χ0v) is 19.8. The highest BCUT2D eigenvalue weighted by Gasteiger charge is 2.34. The lowest BCUT2D eigenvalue weighted by atomic mass is 9.82. The molecule has 0 saturated heterocycles. The van der Waals surface area contributed by atoms with E-state index in [1.165, 1.54) is 0 Å². The Bertz CT molecular complexity index is 1900. The third-order valence-corrected chi connectivity index (χ3v) is 7.77. The fourth-order valence-corrected chi connectivity index (χ4v) is 6.13. The molecule has 2 aliphatic carbocycles. The summed E-state index contributed by atoms with van der Waals surface area (Å²) in [6.45, 7) is 0. The molecule has 7 rings (SSSR count). The molecule has 5 aromatic rings. The molecule has 1 heterocycles. The Morgan fingerprint density at radius 3 is 2.19 bits per heavy atom. The molecule has 0 saturated carbocycles. The highest BCUT2D eigenvalue weighted by molar-refractivity contribution is 7.14. The third-order valence-electron chi connectivity index (χ3n) is 6.89. The highest BCUT2D eigenvalue weighted by atomic mass is 32.1. The summed E-state index contributed by atoms with van der Waals surface area (Å²) < 4.78 is 5.16. The molecule has 0 unspecified atom stereocenters. The molecule has 7 nitrogen and oxygen atoms in total. The van der Waals surface area contributed by atoms with Crippen LogP contribution in [0.4, 0.5) is 11.4 Å². The van der Waals surface area contributed by atoms with Crippen molar-refractivity contribution in [3.8, 4) is 11.3 Å². The second-order valence-corrected chi connectivity index (χ2v) is 9.65. The minimum atomic E-state index is -0.472. The zero-order valence-electron chi connectivity index (χ0n) is 19.0. The van der Waals surface area contributed by atoms with Gasteiger partial charge in [-0.1, -0.05) is 48.5 Å². The van der Waals surface area contributed by atoms with Crippen molar-refractivity contribution in [2.45, 2.75) is 0 Å². The monoisotopic (exact) mass is 501 g/mol. The Morgan fingerprint density at radius 1 is 0.703 bits per heavy atom. The Labute approximate surface area is 213 Å². The van der Waals surface area contributed by atoms with Crippen molar-refractivity contribution >= 4 is 56.3 Å². The van der Waals surface area contributed by atoms with Crippen molar-refractivity contribution < 1.29 is 19.2 Å². The molecule has 37 heavy (non-hydrogen) atoms. The number of nitrogens with one attached hydrogen (secondary N) is 1. The predicted molar refractivity (Wildman–Crippen MR) is 141 cm³/mol. The number of benzene rings is 4. The molecule has 176 valence electrons. The maximum atomic E-state index is 13.5. The standard InChI is InChI=1S/C29H15N3O4S/c30-19-9-3-7-15-21(19)26(34)16-8-4-10-20(22(16)27(15)35)31-29(36)18-12-11-17-23-24(32-37-28(18)23)13-5-1-2-6-14(13)25(17)33/h1-12H,30H2,(H,31,36). The fraction of sp³-hybridized carbons (Fsp3) is 0. The van der Waals surface area contributed by atoms with Crippen LogP contribution in [-0.4, -0.2) is 27.6 Å². The minimum Gasteiger partial charge on any atom is -0.398 e. The molecule has 0 aliphatic heterocycles. The second-order valence-electron chi connectivity index (χ2n) is 8.88. The number of fused-ring (bicyclic) bond motifs is 4. The van der Waals surface area contributed by atoms with Gasteiger partial charge in [0, 0.05) is 38.9 Å². The Morgan fingerprint density at radius 2 is 1.38 bits per heavy atom. The van der Waals surface area contributed by atoms with Crippen molar-refractivity contribution in [3.63, 3.8) is 0 Å². The average molecular weight is 502 g/mol. The van der Waals surface area contributed by atoms with E-state index in [0.29, 0.717) is 32.5 Å². The van der Waals surface area contributed by atoms with E-state index in [0.717, 1.165) is 17.1 Å². The normalized spacial score (nSPS) is 13.2. The molecule has 3 N–H and O–H groups in total. The minimum absolute atomic E-state index is 0.112. The molecule has 0 spiro atoms. The molecule has 0 fully saturated rings. The van der Waals surface area contributed by atoms with Crippen molar-refractivity contribution in [3.05, 3.63) is 112 Å². The maximum Gasteiger partial charge on any atom is 0.257 e. The number of anilines is 2. The van der Waals surface area contributed by atoms with E-state index in [2.05, 4.69) is 9.69 Å². The van der Waals surface area contributed by atoms with E-state index in [1.54, 1.807) is 54.6 Å². The van der Waals surface area contributed by atoms with E-state index < -0.39 is 5.91 Å². The first-order valence-electron chi connectivity index (χ1n) is 11.4. The number of hydrogen-bond acceptors (Lipinski definition) is 7. The average Bonchev–Trinajstić information content (AvgIpc) is 3.36. The summed E-state index contributed by atoms with van der Waals surface area (Å²) in [7, 11) is 0. The van der Waals surface area contributed by atoms with Gasteiger partial charge in [-0.2, -0.15) is 4.37 Å². The van der Waals surface area contributed by atoms with Crippen molar-refractivity contribution in [2.24, 2.45) is 0 Å². The van der Waals surface area contributed by atoms with E-state index in [4.69, 9.17) is 5.73 Å². The molecule has 4 aromatic carbocycles. The lowest BCUT2D eigenvalue weighted by Crippen LogP contribution is -2.25. The van der Waals surface area contributed by atoms with Gasteiger partial charge in [0.15, 0.2) is 17.3 Å². The van der Waals surface area contributed by atoms with Gasteiger partial charge in [-0.25, -0.2) is 0 Å². The van der Waals surface area contributed by atoms with Crippen LogP contribution in [0.2, 0.25) is 0 Å². The van der Waals surface area contributed by atoms with E-state index in [-0.39, 0.29) is 51.0 Å². The fourth-order valence-electron chi connectivity index (χ4n) is 5.20. The van der Waals surface area contributed by atoms with Crippen LogP contribution in [0.25, 0.3) is 21.3 Å². The van der Waals surface area contributed by atoms with Gasteiger partial charge >= 0.3 is 0 Å². The van der Waals surface area contributed by atoms with Crippen molar-refractivity contribution in [1.82, 2.24) is 4.37 Å².